The van der Waals surface area contributed by atoms with E-state index < -0.39 is 0 Å². The molecule has 0 aliphatic heterocycles. The average Bonchev–Trinajstić information content (AvgIpc) is 2.55. The zero-order valence-corrected chi connectivity index (χ0v) is 19.0. The first-order valence-corrected chi connectivity index (χ1v) is 11.0. The fourth-order valence-corrected chi connectivity index (χ4v) is 3.84. The smallest absolute Gasteiger partial charge is 0.123 e. The van der Waals surface area contributed by atoms with Crippen molar-refractivity contribution >= 4 is 0 Å². The van der Waals surface area contributed by atoms with Crippen molar-refractivity contribution in [2.45, 2.75) is 117 Å². The molecule has 0 aromatic heterocycles. The van der Waals surface area contributed by atoms with Gasteiger partial charge in [0.2, 0.25) is 0 Å². The molecule has 156 valence electrons. The number of hydrogen-bond donors (Lipinski definition) is 2. The lowest BCUT2D eigenvalue weighted by atomic mass is 9.76. The minimum Gasteiger partial charge on any atom is -0.507 e. The molecule has 0 spiro atoms. The summed E-state index contributed by atoms with van der Waals surface area (Å²) in [5.41, 5.74) is 3.12. The van der Waals surface area contributed by atoms with Crippen LogP contribution in [0.1, 0.15) is 122 Å². The Kier molecular flexibility index (Phi) is 9.34. The Labute approximate surface area is 168 Å². The van der Waals surface area contributed by atoms with Gasteiger partial charge in [0.05, 0.1) is 0 Å². The summed E-state index contributed by atoms with van der Waals surface area (Å²) in [5, 5.41) is 20.6. The van der Waals surface area contributed by atoms with E-state index in [2.05, 4.69) is 60.6 Å². The lowest BCUT2D eigenvalue weighted by Gasteiger charge is -2.30. The van der Waals surface area contributed by atoms with Crippen molar-refractivity contribution in [3.63, 3.8) is 0 Å². The van der Waals surface area contributed by atoms with Crippen LogP contribution in [0, 0.1) is 0 Å². The van der Waals surface area contributed by atoms with E-state index in [4.69, 9.17) is 0 Å². The first-order valence-electron chi connectivity index (χ1n) is 11.0. The van der Waals surface area contributed by atoms with Gasteiger partial charge in [-0.2, -0.15) is 0 Å². The van der Waals surface area contributed by atoms with Crippen molar-refractivity contribution in [3.05, 3.63) is 28.8 Å². The number of unbranched alkanes of at least 4 members (excludes halogenated alkanes) is 5. The minimum absolute atomic E-state index is 0.107. The summed E-state index contributed by atoms with van der Waals surface area (Å²) in [4.78, 5) is 0. The summed E-state index contributed by atoms with van der Waals surface area (Å²) in [5.74, 6) is 0.810. The second-order valence-corrected chi connectivity index (χ2v) is 10.2. The number of phenols is 1. The summed E-state index contributed by atoms with van der Waals surface area (Å²) in [6.07, 6.45) is 9.67. The highest BCUT2D eigenvalue weighted by molar-refractivity contribution is 5.50. The summed E-state index contributed by atoms with van der Waals surface area (Å²) in [6, 6.07) is 4.39. The van der Waals surface area contributed by atoms with E-state index in [9.17, 15) is 10.2 Å². The number of aromatic hydroxyl groups is 1. The summed E-state index contributed by atoms with van der Waals surface area (Å²) >= 11 is 0. The largest absolute Gasteiger partial charge is 0.507 e. The van der Waals surface area contributed by atoms with Crippen LogP contribution in [-0.2, 0) is 10.8 Å². The van der Waals surface area contributed by atoms with E-state index in [-0.39, 0.29) is 17.4 Å². The molecule has 2 heteroatoms. The summed E-state index contributed by atoms with van der Waals surface area (Å²) < 4.78 is 0. The van der Waals surface area contributed by atoms with E-state index in [1.54, 1.807) is 0 Å². The molecule has 2 nitrogen and oxygen atoms in total. The van der Waals surface area contributed by atoms with Gasteiger partial charge in [-0.3, -0.25) is 0 Å². The zero-order chi connectivity index (χ0) is 20.7. The van der Waals surface area contributed by atoms with Crippen LogP contribution < -0.4 is 0 Å². The predicted molar refractivity (Wildman–Crippen MR) is 118 cm³/mol. The second-order valence-electron chi connectivity index (χ2n) is 10.2. The van der Waals surface area contributed by atoms with Crippen molar-refractivity contribution in [1.82, 2.24) is 0 Å². The second kappa shape index (κ2) is 10.5. The van der Waals surface area contributed by atoms with Gasteiger partial charge >= 0.3 is 0 Å². The maximum atomic E-state index is 10.9. The normalized spacial score (nSPS) is 13.8. The van der Waals surface area contributed by atoms with Gasteiger partial charge in [0.15, 0.2) is 0 Å². The molecule has 0 saturated heterocycles. The number of benzene rings is 1. The van der Waals surface area contributed by atoms with E-state index in [1.165, 1.54) is 44.1 Å². The highest BCUT2D eigenvalue weighted by Gasteiger charge is 2.28. The van der Waals surface area contributed by atoms with Crippen molar-refractivity contribution in [1.29, 1.82) is 0 Å². The molecule has 0 aliphatic rings. The monoisotopic (exact) mass is 376 g/mol. The molecule has 0 aliphatic carbocycles. The molecule has 0 radical (unpaired) electrons. The van der Waals surface area contributed by atoms with Crippen molar-refractivity contribution < 1.29 is 10.2 Å². The first-order chi connectivity index (χ1) is 12.5. The van der Waals surface area contributed by atoms with Crippen LogP contribution >= 0.6 is 0 Å². The average molecular weight is 377 g/mol. The topological polar surface area (TPSA) is 40.5 Å². The van der Waals surface area contributed by atoms with E-state index in [0.717, 1.165) is 24.0 Å². The van der Waals surface area contributed by atoms with Gasteiger partial charge in [-0.1, -0.05) is 99.1 Å². The van der Waals surface area contributed by atoms with E-state index in [0.29, 0.717) is 11.7 Å². The highest BCUT2D eigenvalue weighted by Crippen LogP contribution is 2.42. The summed E-state index contributed by atoms with van der Waals surface area (Å²) in [7, 11) is 0. The Morgan fingerprint density at radius 2 is 1.26 bits per heavy atom. The fourth-order valence-electron chi connectivity index (χ4n) is 3.84. The van der Waals surface area contributed by atoms with Gasteiger partial charge in [0.25, 0.3) is 0 Å². The highest BCUT2D eigenvalue weighted by atomic mass is 16.3. The third-order valence-corrected chi connectivity index (χ3v) is 5.60. The molecule has 1 aromatic rings. The van der Waals surface area contributed by atoms with Crippen LogP contribution in [0.5, 0.6) is 5.75 Å². The third kappa shape index (κ3) is 7.49. The van der Waals surface area contributed by atoms with Crippen molar-refractivity contribution in [3.8, 4) is 5.75 Å². The fraction of sp³-hybridized carbons (Fsp3) is 0.760. The van der Waals surface area contributed by atoms with Crippen molar-refractivity contribution in [2.24, 2.45) is 0 Å². The molecule has 2 N–H and O–H groups in total. The van der Waals surface area contributed by atoms with Gasteiger partial charge in [-0.15, -0.1) is 0 Å². The Balaban J connectivity index is 3.10. The number of hydrogen-bond acceptors (Lipinski definition) is 2. The van der Waals surface area contributed by atoms with Gasteiger partial charge in [-0.05, 0) is 46.3 Å². The first kappa shape index (κ1) is 24.0. The number of aliphatic hydroxyl groups is 1. The van der Waals surface area contributed by atoms with Crippen LogP contribution in [-0.4, -0.2) is 16.8 Å². The number of aliphatic hydroxyl groups excluding tert-OH is 1. The quantitative estimate of drug-likeness (QED) is 0.424. The Hall–Kier alpha value is -1.02. The van der Waals surface area contributed by atoms with Gasteiger partial charge in [0.1, 0.15) is 5.75 Å². The van der Waals surface area contributed by atoms with Gasteiger partial charge < -0.3 is 10.2 Å². The molecule has 27 heavy (non-hydrogen) atoms. The van der Waals surface area contributed by atoms with Gasteiger partial charge in [-0.25, -0.2) is 0 Å². The molecule has 0 amide bonds. The molecule has 0 bridgehead atoms. The number of phenolic OH excluding ortho intramolecular Hbond substituents is 1. The van der Waals surface area contributed by atoms with Crippen LogP contribution in [0.15, 0.2) is 12.1 Å². The molecule has 1 atom stereocenters. The molecular weight excluding hydrogens is 332 g/mol. The van der Waals surface area contributed by atoms with E-state index >= 15 is 0 Å². The Bertz CT molecular complexity index is 526. The molecule has 0 heterocycles. The maximum Gasteiger partial charge on any atom is 0.123 e. The standard InChI is InChI=1S/C25H44O2/c1-8-9-10-11-12-13-14-19(15-16-26)20-17-21(24(2,3)4)23(27)22(18-20)25(5,6)7/h17-19,26-27H,8-16H2,1-7H3. The van der Waals surface area contributed by atoms with Crippen LogP contribution in [0.25, 0.3) is 0 Å². The van der Waals surface area contributed by atoms with Crippen LogP contribution in [0.3, 0.4) is 0 Å². The van der Waals surface area contributed by atoms with Crippen LogP contribution in [0.2, 0.25) is 0 Å². The van der Waals surface area contributed by atoms with Crippen LogP contribution in [0.4, 0.5) is 0 Å². The maximum absolute atomic E-state index is 10.9. The number of rotatable bonds is 10. The molecular formula is C25H44O2. The Morgan fingerprint density at radius 3 is 1.70 bits per heavy atom. The SMILES string of the molecule is CCCCCCCCC(CCO)c1cc(C(C)(C)C)c(O)c(C(C)(C)C)c1. The summed E-state index contributed by atoms with van der Waals surface area (Å²) in [6.45, 7) is 15.4. The van der Waals surface area contributed by atoms with E-state index in [1.807, 2.05) is 0 Å². The molecule has 0 fully saturated rings. The third-order valence-electron chi connectivity index (χ3n) is 5.60. The molecule has 1 aromatic carbocycles. The zero-order valence-electron chi connectivity index (χ0n) is 19.0. The Morgan fingerprint density at radius 1 is 0.778 bits per heavy atom. The van der Waals surface area contributed by atoms with Crippen molar-refractivity contribution in [2.75, 3.05) is 6.61 Å². The lowest BCUT2D eigenvalue weighted by Crippen LogP contribution is -2.18. The minimum atomic E-state index is -0.107. The molecule has 1 unspecified atom stereocenters. The lowest BCUT2D eigenvalue weighted by molar-refractivity contribution is 0.271. The predicted octanol–water partition coefficient (Wildman–Crippen LogP) is 7.20. The molecule has 1 rings (SSSR count). The van der Waals surface area contributed by atoms with Gasteiger partial charge in [0, 0.05) is 6.61 Å². The molecule has 0 saturated carbocycles.